The Morgan fingerprint density at radius 3 is 2.48 bits per heavy atom. The number of para-hydroxylation sites is 2. The van der Waals surface area contributed by atoms with Crippen molar-refractivity contribution < 1.29 is 4.74 Å². The van der Waals surface area contributed by atoms with Crippen LogP contribution in [0.4, 0.5) is 17.5 Å². The van der Waals surface area contributed by atoms with Gasteiger partial charge < -0.3 is 19.9 Å². The maximum Gasteiger partial charge on any atom is 0.244 e. The molecule has 1 saturated heterocycles. The number of aromatic nitrogens is 3. The van der Waals surface area contributed by atoms with Gasteiger partial charge in [-0.2, -0.15) is 10.1 Å². The van der Waals surface area contributed by atoms with Crippen LogP contribution in [0, 0.1) is 6.92 Å². The number of nitrogens with zero attached hydrogens (tertiary/aromatic N) is 5. The fourth-order valence-corrected chi connectivity index (χ4v) is 3.57. The third-order valence-electron chi connectivity index (χ3n) is 5.27. The lowest BCUT2D eigenvalue weighted by Crippen LogP contribution is -2.47. The number of anilines is 3. The second-order valence-corrected chi connectivity index (χ2v) is 7.06. The molecule has 2 aromatic carbocycles. The highest BCUT2D eigenvalue weighted by Crippen LogP contribution is 2.29. The third kappa shape index (κ3) is 4.39. The highest BCUT2D eigenvalue weighted by Gasteiger charge is 2.21. The lowest BCUT2D eigenvalue weighted by atomic mass is 10.1. The van der Waals surface area contributed by atoms with E-state index in [9.17, 15) is 0 Å². The minimum atomic E-state index is 0.554. The zero-order valence-corrected chi connectivity index (χ0v) is 16.9. The topological polar surface area (TPSA) is 66.4 Å². The van der Waals surface area contributed by atoms with Crippen molar-refractivity contribution in [3.8, 4) is 5.75 Å². The van der Waals surface area contributed by atoms with Crippen LogP contribution in [0.3, 0.4) is 0 Å². The molecule has 150 valence electrons. The van der Waals surface area contributed by atoms with E-state index in [-0.39, 0.29) is 0 Å². The Morgan fingerprint density at radius 1 is 0.966 bits per heavy atom. The molecule has 29 heavy (non-hydrogen) atoms. The van der Waals surface area contributed by atoms with E-state index in [0.29, 0.717) is 12.5 Å². The van der Waals surface area contributed by atoms with Crippen LogP contribution >= 0.6 is 0 Å². The lowest BCUT2D eigenvalue weighted by molar-refractivity contribution is 0.413. The quantitative estimate of drug-likeness (QED) is 0.694. The van der Waals surface area contributed by atoms with Crippen LogP contribution in [0.2, 0.25) is 0 Å². The van der Waals surface area contributed by atoms with E-state index in [1.165, 1.54) is 11.1 Å². The van der Waals surface area contributed by atoms with Crippen molar-refractivity contribution >= 4 is 17.5 Å². The molecule has 7 nitrogen and oxygen atoms in total. The van der Waals surface area contributed by atoms with Crippen LogP contribution in [-0.2, 0) is 6.54 Å². The third-order valence-corrected chi connectivity index (χ3v) is 5.27. The van der Waals surface area contributed by atoms with Crippen LogP contribution in [0.25, 0.3) is 0 Å². The normalized spacial score (nSPS) is 14.0. The Kier molecular flexibility index (Phi) is 5.74. The summed E-state index contributed by atoms with van der Waals surface area (Å²) in [5.41, 5.74) is 3.61. The number of methoxy groups -OCH3 is 1. The van der Waals surface area contributed by atoms with Gasteiger partial charge in [0.2, 0.25) is 5.95 Å². The molecular formula is C22H26N6O. The Bertz CT molecular complexity index is 955. The van der Waals surface area contributed by atoms with E-state index in [4.69, 9.17) is 4.74 Å². The van der Waals surface area contributed by atoms with Gasteiger partial charge in [-0.1, -0.05) is 36.4 Å². The van der Waals surface area contributed by atoms with Gasteiger partial charge in [0.25, 0.3) is 0 Å². The molecule has 1 N–H and O–H groups in total. The summed E-state index contributed by atoms with van der Waals surface area (Å²) < 4.78 is 5.50. The van der Waals surface area contributed by atoms with E-state index in [2.05, 4.69) is 55.4 Å². The summed E-state index contributed by atoms with van der Waals surface area (Å²) in [5, 5.41) is 11.6. The second kappa shape index (κ2) is 8.77. The summed E-state index contributed by atoms with van der Waals surface area (Å²) in [4.78, 5) is 9.27. The Morgan fingerprint density at radius 2 is 1.69 bits per heavy atom. The highest BCUT2D eigenvalue weighted by atomic mass is 16.5. The maximum absolute atomic E-state index is 5.50. The molecule has 0 aliphatic carbocycles. The highest BCUT2D eigenvalue weighted by molar-refractivity contribution is 5.59. The minimum Gasteiger partial charge on any atom is -0.495 e. The standard InChI is InChI=1S/C22H26N6O/c1-17-7-3-4-8-18(17)15-23-22-25-21(16-24-26-22)28-13-11-27(12-14-28)19-9-5-6-10-20(19)29-2/h3-10,16H,11-15H2,1-2H3,(H,23,25,26). The van der Waals surface area contributed by atoms with Gasteiger partial charge in [0.15, 0.2) is 5.82 Å². The summed E-state index contributed by atoms with van der Waals surface area (Å²) in [6, 6.07) is 16.5. The number of ether oxygens (including phenoxy) is 1. The summed E-state index contributed by atoms with van der Waals surface area (Å²) in [5.74, 6) is 2.32. The molecule has 2 heterocycles. The summed E-state index contributed by atoms with van der Waals surface area (Å²) in [6.45, 7) is 6.32. The van der Waals surface area contributed by atoms with E-state index < -0.39 is 0 Å². The van der Waals surface area contributed by atoms with Gasteiger partial charge in [0.05, 0.1) is 19.0 Å². The summed E-state index contributed by atoms with van der Waals surface area (Å²) >= 11 is 0. The molecule has 1 aliphatic heterocycles. The van der Waals surface area contributed by atoms with E-state index in [1.54, 1.807) is 13.3 Å². The first-order valence-corrected chi connectivity index (χ1v) is 9.85. The van der Waals surface area contributed by atoms with Gasteiger partial charge in [-0.3, -0.25) is 0 Å². The first-order chi connectivity index (χ1) is 14.2. The van der Waals surface area contributed by atoms with Crippen LogP contribution in [0.1, 0.15) is 11.1 Å². The number of nitrogens with one attached hydrogen (secondary N) is 1. The predicted octanol–water partition coefficient (Wildman–Crippen LogP) is 3.13. The molecule has 0 amide bonds. The zero-order chi connectivity index (χ0) is 20.1. The smallest absolute Gasteiger partial charge is 0.244 e. The molecule has 0 radical (unpaired) electrons. The van der Waals surface area contributed by atoms with Crippen molar-refractivity contribution in [1.29, 1.82) is 0 Å². The maximum atomic E-state index is 5.50. The summed E-state index contributed by atoms with van der Waals surface area (Å²) in [7, 11) is 1.72. The second-order valence-electron chi connectivity index (χ2n) is 7.06. The number of aryl methyl sites for hydroxylation is 1. The average molecular weight is 390 g/mol. The van der Waals surface area contributed by atoms with Crippen LogP contribution in [-0.4, -0.2) is 48.5 Å². The largest absolute Gasteiger partial charge is 0.495 e. The Labute approximate surface area is 171 Å². The van der Waals surface area contributed by atoms with E-state index in [0.717, 1.165) is 43.4 Å². The van der Waals surface area contributed by atoms with E-state index in [1.807, 2.05) is 30.3 Å². The number of hydrogen-bond acceptors (Lipinski definition) is 7. The molecule has 0 atom stereocenters. The van der Waals surface area contributed by atoms with Crippen molar-refractivity contribution in [2.24, 2.45) is 0 Å². The van der Waals surface area contributed by atoms with Gasteiger partial charge in [0, 0.05) is 32.7 Å². The molecule has 0 spiro atoms. The molecule has 0 unspecified atom stereocenters. The molecule has 7 heteroatoms. The fraction of sp³-hybridized carbons (Fsp3) is 0.318. The van der Waals surface area contributed by atoms with Gasteiger partial charge in [-0.15, -0.1) is 5.10 Å². The van der Waals surface area contributed by atoms with Crippen molar-refractivity contribution in [2.45, 2.75) is 13.5 Å². The lowest BCUT2D eigenvalue weighted by Gasteiger charge is -2.37. The molecule has 4 rings (SSSR count). The monoisotopic (exact) mass is 390 g/mol. The molecular weight excluding hydrogens is 364 g/mol. The summed E-state index contributed by atoms with van der Waals surface area (Å²) in [6.07, 6.45) is 1.73. The van der Waals surface area contributed by atoms with Gasteiger partial charge >= 0.3 is 0 Å². The first kappa shape index (κ1) is 19.0. The van der Waals surface area contributed by atoms with Gasteiger partial charge in [0.1, 0.15) is 5.75 Å². The first-order valence-electron chi connectivity index (χ1n) is 9.85. The Hall–Kier alpha value is -3.35. The van der Waals surface area contributed by atoms with Crippen molar-refractivity contribution in [3.63, 3.8) is 0 Å². The number of piperazine rings is 1. The van der Waals surface area contributed by atoms with Crippen LogP contribution < -0.4 is 19.9 Å². The molecule has 1 aliphatic rings. The number of rotatable bonds is 6. The van der Waals surface area contributed by atoms with Crippen molar-refractivity contribution in [3.05, 3.63) is 65.9 Å². The predicted molar refractivity (Wildman–Crippen MR) is 116 cm³/mol. The SMILES string of the molecule is COc1ccccc1N1CCN(c2cnnc(NCc3ccccc3C)n2)CC1. The van der Waals surface area contributed by atoms with Crippen molar-refractivity contribution in [2.75, 3.05) is 48.4 Å². The molecule has 0 bridgehead atoms. The molecule has 1 aromatic heterocycles. The van der Waals surface area contributed by atoms with E-state index >= 15 is 0 Å². The van der Waals surface area contributed by atoms with Crippen molar-refractivity contribution in [1.82, 2.24) is 15.2 Å². The van der Waals surface area contributed by atoms with Crippen LogP contribution in [0.15, 0.2) is 54.7 Å². The van der Waals surface area contributed by atoms with Gasteiger partial charge in [-0.05, 0) is 30.2 Å². The fourth-order valence-electron chi connectivity index (χ4n) is 3.57. The molecule has 3 aromatic rings. The minimum absolute atomic E-state index is 0.554. The number of hydrogen-bond donors (Lipinski definition) is 1. The zero-order valence-electron chi connectivity index (χ0n) is 16.9. The molecule has 0 saturated carbocycles. The number of benzene rings is 2. The average Bonchev–Trinajstić information content (AvgIpc) is 2.79. The molecule has 1 fully saturated rings. The Balaban J connectivity index is 1.39. The van der Waals surface area contributed by atoms with Crippen LogP contribution in [0.5, 0.6) is 5.75 Å². The van der Waals surface area contributed by atoms with Gasteiger partial charge in [-0.25, -0.2) is 0 Å².